The van der Waals surface area contributed by atoms with Crippen molar-refractivity contribution in [3.63, 3.8) is 0 Å². The van der Waals surface area contributed by atoms with Gasteiger partial charge < -0.3 is 24.8 Å². The summed E-state index contributed by atoms with van der Waals surface area (Å²) in [6, 6.07) is 0. The van der Waals surface area contributed by atoms with E-state index in [0.29, 0.717) is 6.42 Å². The molecule has 5 nitrogen and oxygen atoms in total. The van der Waals surface area contributed by atoms with Gasteiger partial charge in [0.15, 0.2) is 6.29 Å². The summed E-state index contributed by atoms with van der Waals surface area (Å²) in [6.07, 6.45) is 37.6. The average molecular weight is 627 g/mol. The van der Waals surface area contributed by atoms with Crippen LogP contribution in [-0.4, -0.2) is 52.1 Å². The zero-order chi connectivity index (χ0) is 32.1. The van der Waals surface area contributed by atoms with Crippen molar-refractivity contribution >= 4 is 0 Å². The molecule has 1 fully saturated rings. The Morgan fingerprint density at radius 1 is 0.500 bits per heavy atom. The van der Waals surface area contributed by atoms with Crippen molar-refractivity contribution in [2.75, 3.05) is 0 Å². The minimum Gasteiger partial charge on any atom is -0.393 e. The lowest BCUT2D eigenvalue weighted by molar-refractivity contribution is -0.273. The van der Waals surface area contributed by atoms with E-state index in [0.717, 1.165) is 19.3 Å². The lowest BCUT2D eigenvalue weighted by atomic mass is 10.0. The first-order valence-corrected chi connectivity index (χ1v) is 19.7. The van der Waals surface area contributed by atoms with Crippen molar-refractivity contribution < 1.29 is 24.8 Å². The number of ether oxygens (including phenoxy) is 2. The number of unbranched alkanes of at least 4 members (excludes halogenated alkanes) is 26. The standard InChI is InChI=1S/C39H78O5/c1-34(40)31-29-27-25-23-21-19-17-15-13-11-9-7-5-4-6-8-10-12-14-16-18-20-22-24-26-28-30-32-35(2)43-39-38(42)33-37(41)36(3)44-39/h34-42H,4-33H2,1-3H3. The number of aliphatic hydroxyl groups excluding tert-OH is 3. The van der Waals surface area contributed by atoms with E-state index in [-0.39, 0.29) is 18.3 Å². The second-order valence-corrected chi connectivity index (χ2v) is 14.5. The molecule has 0 spiro atoms. The van der Waals surface area contributed by atoms with Crippen molar-refractivity contribution in [1.82, 2.24) is 0 Å². The molecule has 0 aromatic carbocycles. The third-order valence-electron chi connectivity index (χ3n) is 9.79. The van der Waals surface area contributed by atoms with Crippen LogP contribution in [0.2, 0.25) is 0 Å². The Bertz CT molecular complexity index is 585. The van der Waals surface area contributed by atoms with Crippen molar-refractivity contribution in [3.05, 3.63) is 0 Å². The van der Waals surface area contributed by atoms with Crippen molar-refractivity contribution in [3.8, 4) is 0 Å². The Morgan fingerprint density at radius 2 is 0.795 bits per heavy atom. The molecular formula is C39H78O5. The van der Waals surface area contributed by atoms with Crippen LogP contribution in [0.15, 0.2) is 0 Å². The largest absolute Gasteiger partial charge is 0.393 e. The fourth-order valence-electron chi connectivity index (χ4n) is 6.65. The normalized spacial score (nSPS) is 22.0. The first kappa shape index (κ1) is 41.8. The highest BCUT2D eigenvalue weighted by atomic mass is 16.7. The maximum absolute atomic E-state index is 10.1. The molecule has 6 unspecified atom stereocenters. The van der Waals surface area contributed by atoms with Gasteiger partial charge in [-0.2, -0.15) is 0 Å². The maximum atomic E-state index is 10.1. The lowest BCUT2D eigenvalue weighted by Crippen LogP contribution is -2.48. The van der Waals surface area contributed by atoms with Crippen LogP contribution in [0, 0.1) is 0 Å². The Labute approximate surface area is 274 Å². The number of hydrogen-bond donors (Lipinski definition) is 3. The summed E-state index contributed by atoms with van der Waals surface area (Å²) >= 11 is 0. The predicted octanol–water partition coefficient (Wildman–Crippen LogP) is 10.9. The molecule has 1 aliphatic heterocycles. The van der Waals surface area contributed by atoms with Gasteiger partial charge >= 0.3 is 0 Å². The monoisotopic (exact) mass is 627 g/mol. The summed E-state index contributed by atoms with van der Waals surface area (Å²) in [4.78, 5) is 0. The lowest BCUT2D eigenvalue weighted by Gasteiger charge is -2.36. The van der Waals surface area contributed by atoms with Crippen LogP contribution in [-0.2, 0) is 9.47 Å². The molecule has 264 valence electrons. The summed E-state index contributed by atoms with van der Waals surface area (Å²) in [5, 5.41) is 29.1. The van der Waals surface area contributed by atoms with Crippen LogP contribution in [0.3, 0.4) is 0 Å². The average Bonchev–Trinajstić information content (AvgIpc) is 2.99. The van der Waals surface area contributed by atoms with E-state index >= 15 is 0 Å². The molecule has 0 radical (unpaired) electrons. The van der Waals surface area contributed by atoms with Gasteiger partial charge in [0.1, 0.15) is 6.10 Å². The summed E-state index contributed by atoms with van der Waals surface area (Å²) in [5.41, 5.74) is 0. The number of rotatable bonds is 32. The van der Waals surface area contributed by atoms with E-state index in [4.69, 9.17) is 9.47 Å². The van der Waals surface area contributed by atoms with Gasteiger partial charge in [-0.3, -0.25) is 0 Å². The zero-order valence-corrected chi connectivity index (χ0v) is 29.8. The van der Waals surface area contributed by atoms with E-state index in [9.17, 15) is 15.3 Å². The Hall–Kier alpha value is -0.200. The summed E-state index contributed by atoms with van der Waals surface area (Å²) in [7, 11) is 0. The highest BCUT2D eigenvalue weighted by molar-refractivity contribution is 4.78. The van der Waals surface area contributed by atoms with Gasteiger partial charge in [0.2, 0.25) is 0 Å². The molecular weight excluding hydrogens is 548 g/mol. The van der Waals surface area contributed by atoms with Crippen LogP contribution in [0.4, 0.5) is 0 Å². The molecule has 44 heavy (non-hydrogen) atoms. The van der Waals surface area contributed by atoms with Gasteiger partial charge in [-0.25, -0.2) is 0 Å². The van der Waals surface area contributed by atoms with Gasteiger partial charge in [-0.15, -0.1) is 0 Å². The summed E-state index contributed by atoms with van der Waals surface area (Å²) in [6.45, 7) is 5.79. The number of aliphatic hydroxyl groups is 3. The third-order valence-corrected chi connectivity index (χ3v) is 9.79. The molecule has 1 saturated heterocycles. The number of hydrogen-bond acceptors (Lipinski definition) is 5. The molecule has 3 N–H and O–H groups in total. The van der Waals surface area contributed by atoms with Gasteiger partial charge in [0, 0.05) is 6.42 Å². The Balaban J connectivity index is 1.69. The highest BCUT2D eigenvalue weighted by Gasteiger charge is 2.35. The molecule has 1 aliphatic rings. The predicted molar refractivity (Wildman–Crippen MR) is 187 cm³/mol. The minimum absolute atomic E-state index is 0.0753. The van der Waals surface area contributed by atoms with Crippen molar-refractivity contribution in [1.29, 1.82) is 0 Å². The maximum Gasteiger partial charge on any atom is 0.184 e. The fourth-order valence-corrected chi connectivity index (χ4v) is 6.65. The van der Waals surface area contributed by atoms with Crippen LogP contribution < -0.4 is 0 Å². The zero-order valence-electron chi connectivity index (χ0n) is 29.8. The second kappa shape index (κ2) is 30.2. The minimum atomic E-state index is -0.738. The quantitative estimate of drug-likeness (QED) is 0.0647. The van der Waals surface area contributed by atoms with Crippen LogP contribution in [0.5, 0.6) is 0 Å². The van der Waals surface area contributed by atoms with Crippen LogP contribution in [0.25, 0.3) is 0 Å². The Kier molecular flexibility index (Phi) is 28.7. The van der Waals surface area contributed by atoms with Gasteiger partial charge in [0.05, 0.1) is 24.4 Å². The van der Waals surface area contributed by atoms with Crippen LogP contribution in [0.1, 0.15) is 213 Å². The molecule has 0 bridgehead atoms. The third kappa shape index (κ3) is 25.9. The van der Waals surface area contributed by atoms with E-state index < -0.39 is 18.5 Å². The topological polar surface area (TPSA) is 79.2 Å². The Morgan fingerprint density at radius 3 is 1.11 bits per heavy atom. The smallest absolute Gasteiger partial charge is 0.184 e. The first-order valence-electron chi connectivity index (χ1n) is 19.7. The van der Waals surface area contributed by atoms with E-state index in [1.807, 2.05) is 13.8 Å². The van der Waals surface area contributed by atoms with Gasteiger partial charge in [-0.05, 0) is 33.6 Å². The molecule has 0 aromatic rings. The van der Waals surface area contributed by atoms with E-state index in [1.165, 1.54) is 167 Å². The van der Waals surface area contributed by atoms with Crippen molar-refractivity contribution in [2.24, 2.45) is 0 Å². The van der Waals surface area contributed by atoms with Gasteiger partial charge in [0.25, 0.3) is 0 Å². The van der Waals surface area contributed by atoms with E-state index in [2.05, 4.69) is 6.92 Å². The summed E-state index contributed by atoms with van der Waals surface area (Å²) < 4.78 is 11.5. The van der Waals surface area contributed by atoms with Gasteiger partial charge in [-0.1, -0.05) is 173 Å². The van der Waals surface area contributed by atoms with Crippen molar-refractivity contribution in [2.45, 2.75) is 250 Å². The van der Waals surface area contributed by atoms with E-state index in [1.54, 1.807) is 0 Å². The molecule has 0 aliphatic carbocycles. The molecule has 5 heteroatoms. The molecule has 0 aromatic heterocycles. The molecule has 0 saturated carbocycles. The fraction of sp³-hybridized carbons (Fsp3) is 1.00. The molecule has 0 amide bonds. The molecule has 1 rings (SSSR count). The first-order chi connectivity index (χ1) is 21.4. The molecule has 6 atom stereocenters. The highest BCUT2D eigenvalue weighted by Crippen LogP contribution is 2.23. The van der Waals surface area contributed by atoms with Crippen LogP contribution >= 0.6 is 0 Å². The SMILES string of the molecule is CC(O)CCCCCCCCCCCCCCCCCCCCCCCCCCCCCC(C)OC1OC(C)C(O)CC1O. The molecule has 1 heterocycles. The summed E-state index contributed by atoms with van der Waals surface area (Å²) in [5.74, 6) is 0. The second-order valence-electron chi connectivity index (χ2n) is 14.5.